The quantitative estimate of drug-likeness (QED) is 0.755. The van der Waals surface area contributed by atoms with Crippen molar-refractivity contribution in [3.05, 3.63) is 46.9 Å². The third-order valence-corrected chi connectivity index (χ3v) is 3.21. The van der Waals surface area contributed by atoms with Gasteiger partial charge in [-0.15, -0.1) is 0 Å². The number of hydrogen-bond acceptors (Lipinski definition) is 5. The second kappa shape index (κ2) is 7.43. The van der Waals surface area contributed by atoms with Crippen molar-refractivity contribution in [2.75, 3.05) is 13.7 Å². The minimum atomic E-state index is -1.62. The van der Waals surface area contributed by atoms with Crippen LogP contribution in [0.15, 0.2) is 16.7 Å². The van der Waals surface area contributed by atoms with Crippen LogP contribution in [-0.2, 0) is 11.3 Å². The summed E-state index contributed by atoms with van der Waals surface area (Å²) in [6, 6.07) is 1.27. The molecule has 6 nitrogen and oxygen atoms in total. The van der Waals surface area contributed by atoms with Gasteiger partial charge in [-0.25, -0.2) is 13.2 Å². The van der Waals surface area contributed by atoms with E-state index in [2.05, 4.69) is 10.1 Å². The van der Waals surface area contributed by atoms with Gasteiger partial charge in [-0.1, -0.05) is 5.16 Å². The summed E-state index contributed by atoms with van der Waals surface area (Å²) < 4.78 is 49.7. The minimum absolute atomic E-state index is 0.0781. The molecule has 1 aromatic heterocycles. The fraction of sp³-hybridized carbons (Fsp3) is 0.400. The summed E-state index contributed by atoms with van der Waals surface area (Å²) in [4.78, 5) is 17.4. The number of hydrogen-bond donors (Lipinski definition) is 0. The first kappa shape index (κ1) is 17.9. The van der Waals surface area contributed by atoms with Crippen LogP contribution in [-0.4, -0.2) is 34.6 Å². The van der Waals surface area contributed by atoms with E-state index in [0.29, 0.717) is 24.6 Å². The van der Waals surface area contributed by atoms with Gasteiger partial charge in [-0.05, 0) is 26.0 Å². The lowest BCUT2D eigenvalue weighted by Gasteiger charge is -2.15. The monoisotopic (exact) mass is 343 g/mol. The van der Waals surface area contributed by atoms with Crippen molar-refractivity contribution in [1.82, 2.24) is 15.0 Å². The Morgan fingerprint density at radius 3 is 2.54 bits per heavy atom. The number of benzene rings is 1. The van der Waals surface area contributed by atoms with Gasteiger partial charge >= 0.3 is 0 Å². The van der Waals surface area contributed by atoms with Crippen LogP contribution < -0.4 is 0 Å². The SMILES string of the molecule is CCOC(C)c1noc(CN(C)C(=O)c2cc(F)c(F)c(F)c2)n1. The smallest absolute Gasteiger partial charge is 0.254 e. The molecule has 0 bridgehead atoms. The maximum Gasteiger partial charge on any atom is 0.254 e. The Labute approximate surface area is 136 Å². The van der Waals surface area contributed by atoms with Crippen LogP contribution in [0.5, 0.6) is 0 Å². The Kier molecular flexibility index (Phi) is 5.55. The Balaban J connectivity index is 2.09. The van der Waals surface area contributed by atoms with E-state index in [1.165, 1.54) is 7.05 Å². The van der Waals surface area contributed by atoms with E-state index in [9.17, 15) is 18.0 Å². The largest absolute Gasteiger partial charge is 0.371 e. The fourth-order valence-electron chi connectivity index (χ4n) is 2.00. The fourth-order valence-corrected chi connectivity index (χ4v) is 2.00. The van der Waals surface area contributed by atoms with Gasteiger partial charge in [0.25, 0.3) is 5.91 Å². The van der Waals surface area contributed by atoms with Crippen molar-refractivity contribution in [3.8, 4) is 0 Å². The summed E-state index contributed by atoms with van der Waals surface area (Å²) in [5.74, 6) is -4.75. The summed E-state index contributed by atoms with van der Waals surface area (Å²) in [5, 5.41) is 3.74. The number of ether oxygens (including phenoxy) is 1. The first-order valence-electron chi connectivity index (χ1n) is 7.17. The lowest BCUT2D eigenvalue weighted by molar-refractivity contribution is 0.0682. The highest BCUT2D eigenvalue weighted by Crippen LogP contribution is 2.17. The molecule has 1 heterocycles. The van der Waals surface area contributed by atoms with Gasteiger partial charge in [-0.3, -0.25) is 4.79 Å². The lowest BCUT2D eigenvalue weighted by atomic mass is 10.2. The van der Waals surface area contributed by atoms with Crippen LogP contribution in [0.3, 0.4) is 0 Å². The van der Waals surface area contributed by atoms with Crippen LogP contribution in [0, 0.1) is 17.5 Å². The molecule has 1 aromatic carbocycles. The van der Waals surface area contributed by atoms with Crippen LogP contribution in [0.4, 0.5) is 13.2 Å². The Morgan fingerprint density at radius 2 is 1.96 bits per heavy atom. The van der Waals surface area contributed by atoms with E-state index in [1.807, 2.05) is 6.92 Å². The normalized spacial score (nSPS) is 12.2. The maximum absolute atomic E-state index is 13.2. The lowest BCUT2D eigenvalue weighted by Crippen LogP contribution is -2.26. The summed E-state index contributed by atoms with van der Waals surface area (Å²) in [7, 11) is 1.39. The topological polar surface area (TPSA) is 68.5 Å². The highest BCUT2D eigenvalue weighted by molar-refractivity contribution is 5.94. The molecule has 0 spiro atoms. The number of nitrogens with zero attached hydrogens (tertiary/aromatic N) is 3. The molecule has 0 fully saturated rings. The number of aromatic nitrogens is 2. The highest BCUT2D eigenvalue weighted by Gasteiger charge is 2.20. The van der Waals surface area contributed by atoms with Gasteiger partial charge in [0.1, 0.15) is 6.10 Å². The molecular weight excluding hydrogens is 327 g/mol. The predicted octanol–water partition coefficient (Wildman–Crippen LogP) is 2.86. The number of amides is 1. The molecule has 0 N–H and O–H groups in total. The Hall–Kier alpha value is -2.42. The zero-order valence-electron chi connectivity index (χ0n) is 13.3. The van der Waals surface area contributed by atoms with Crippen molar-refractivity contribution in [2.45, 2.75) is 26.5 Å². The second-order valence-electron chi connectivity index (χ2n) is 5.06. The molecule has 24 heavy (non-hydrogen) atoms. The Bertz CT molecular complexity index is 713. The number of halogens is 3. The summed E-state index contributed by atoms with van der Waals surface area (Å²) in [5.41, 5.74) is -0.323. The Morgan fingerprint density at radius 1 is 1.33 bits per heavy atom. The van der Waals surface area contributed by atoms with E-state index < -0.39 is 23.4 Å². The van der Waals surface area contributed by atoms with E-state index in [1.54, 1.807) is 6.92 Å². The molecule has 1 atom stereocenters. The van der Waals surface area contributed by atoms with Gasteiger partial charge in [-0.2, -0.15) is 4.98 Å². The van der Waals surface area contributed by atoms with Gasteiger partial charge in [0, 0.05) is 19.2 Å². The molecular formula is C15H16F3N3O3. The number of carbonyl (C=O) groups excluding carboxylic acids is 1. The molecule has 0 aliphatic heterocycles. The van der Waals surface area contributed by atoms with Crippen molar-refractivity contribution in [2.24, 2.45) is 0 Å². The highest BCUT2D eigenvalue weighted by atomic mass is 19.2. The minimum Gasteiger partial charge on any atom is -0.371 e. The number of carbonyl (C=O) groups is 1. The number of rotatable bonds is 6. The molecule has 0 saturated heterocycles. The van der Waals surface area contributed by atoms with Gasteiger partial charge in [0.15, 0.2) is 23.3 Å². The standard InChI is InChI=1S/C15H16F3N3O3/c1-4-23-8(2)14-19-12(24-20-14)7-21(3)15(22)9-5-10(16)13(18)11(17)6-9/h5-6,8H,4,7H2,1-3H3. The first-order chi connectivity index (χ1) is 11.3. The first-order valence-corrected chi connectivity index (χ1v) is 7.17. The molecule has 0 aliphatic rings. The molecule has 9 heteroatoms. The molecule has 130 valence electrons. The van der Waals surface area contributed by atoms with Crippen LogP contribution in [0.1, 0.15) is 42.0 Å². The maximum atomic E-state index is 13.2. The van der Waals surface area contributed by atoms with Crippen molar-refractivity contribution in [3.63, 3.8) is 0 Å². The van der Waals surface area contributed by atoms with Gasteiger partial charge < -0.3 is 14.2 Å². The zero-order valence-corrected chi connectivity index (χ0v) is 13.3. The predicted molar refractivity (Wildman–Crippen MR) is 76.5 cm³/mol. The summed E-state index contributed by atoms with van der Waals surface area (Å²) >= 11 is 0. The molecule has 0 radical (unpaired) electrons. The molecule has 1 unspecified atom stereocenters. The zero-order chi connectivity index (χ0) is 17.9. The van der Waals surface area contributed by atoms with Crippen molar-refractivity contribution >= 4 is 5.91 Å². The van der Waals surface area contributed by atoms with E-state index in [-0.39, 0.29) is 24.1 Å². The third-order valence-electron chi connectivity index (χ3n) is 3.21. The van der Waals surface area contributed by atoms with Crippen molar-refractivity contribution < 1.29 is 27.2 Å². The molecule has 0 aliphatic carbocycles. The van der Waals surface area contributed by atoms with E-state index >= 15 is 0 Å². The summed E-state index contributed by atoms with van der Waals surface area (Å²) in [6.45, 7) is 3.97. The van der Waals surface area contributed by atoms with Gasteiger partial charge in [0.05, 0.1) is 6.54 Å². The molecule has 2 aromatic rings. The molecule has 0 saturated carbocycles. The van der Waals surface area contributed by atoms with E-state index in [4.69, 9.17) is 9.26 Å². The third kappa shape index (κ3) is 3.91. The molecule has 2 rings (SSSR count). The van der Waals surface area contributed by atoms with E-state index in [0.717, 1.165) is 4.90 Å². The average molecular weight is 343 g/mol. The van der Waals surface area contributed by atoms with Crippen LogP contribution >= 0.6 is 0 Å². The van der Waals surface area contributed by atoms with Crippen LogP contribution in [0.2, 0.25) is 0 Å². The average Bonchev–Trinajstić information content (AvgIpc) is 3.00. The summed E-state index contributed by atoms with van der Waals surface area (Å²) in [6.07, 6.45) is -0.367. The second-order valence-corrected chi connectivity index (χ2v) is 5.06. The van der Waals surface area contributed by atoms with Crippen LogP contribution in [0.25, 0.3) is 0 Å². The van der Waals surface area contributed by atoms with Gasteiger partial charge in [0.2, 0.25) is 5.89 Å². The molecule has 1 amide bonds. The van der Waals surface area contributed by atoms with Crippen molar-refractivity contribution in [1.29, 1.82) is 0 Å².